The van der Waals surface area contributed by atoms with E-state index in [0.29, 0.717) is 6.54 Å². The van der Waals surface area contributed by atoms with Gasteiger partial charge in [0.1, 0.15) is 0 Å². The summed E-state index contributed by atoms with van der Waals surface area (Å²) in [5.41, 5.74) is 0.869. The van der Waals surface area contributed by atoms with Gasteiger partial charge in [0.15, 0.2) is 0 Å². The molecule has 1 N–H and O–H groups in total. The number of carbonyl (C=O) groups is 1. The van der Waals surface area contributed by atoms with Gasteiger partial charge in [-0.05, 0) is 44.3 Å². The number of nitrogens with zero attached hydrogens (tertiary/aromatic N) is 1. The second kappa shape index (κ2) is 6.20. The number of benzene rings is 1. The topological polar surface area (TPSA) is 40.5 Å². The number of aliphatic carboxylic acids is 1. The summed E-state index contributed by atoms with van der Waals surface area (Å²) in [6.45, 7) is 4.63. The molecule has 0 amide bonds. The molecular formula is C16H23NO2. The fourth-order valence-corrected chi connectivity index (χ4v) is 2.91. The predicted molar refractivity (Wildman–Crippen MR) is 76.2 cm³/mol. The molecule has 3 nitrogen and oxygen atoms in total. The Morgan fingerprint density at radius 1 is 1.37 bits per heavy atom. The van der Waals surface area contributed by atoms with Gasteiger partial charge < -0.3 is 10.0 Å². The van der Waals surface area contributed by atoms with Crippen LogP contribution in [0.25, 0.3) is 0 Å². The van der Waals surface area contributed by atoms with Gasteiger partial charge in [0.05, 0.1) is 5.41 Å². The number of likely N-dealkylation sites (tertiary alicyclic amines) is 1. The molecular weight excluding hydrogens is 238 g/mol. The first-order valence-electron chi connectivity index (χ1n) is 7.16. The summed E-state index contributed by atoms with van der Waals surface area (Å²) in [5, 5.41) is 9.36. The zero-order chi connectivity index (χ0) is 13.7. The zero-order valence-corrected chi connectivity index (χ0v) is 11.6. The average molecular weight is 261 g/mol. The summed E-state index contributed by atoms with van der Waals surface area (Å²) in [7, 11) is 0. The Hall–Kier alpha value is -1.35. The van der Waals surface area contributed by atoms with Crippen LogP contribution in [-0.4, -0.2) is 35.6 Å². The molecule has 1 atom stereocenters. The maximum absolute atomic E-state index is 11.4. The van der Waals surface area contributed by atoms with E-state index in [0.717, 1.165) is 38.8 Å². The molecule has 104 valence electrons. The molecule has 1 aliphatic heterocycles. The van der Waals surface area contributed by atoms with Crippen molar-refractivity contribution in [3.8, 4) is 0 Å². The van der Waals surface area contributed by atoms with Crippen molar-refractivity contribution in [2.75, 3.05) is 19.6 Å². The van der Waals surface area contributed by atoms with Crippen molar-refractivity contribution in [2.45, 2.75) is 32.6 Å². The van der Waals surface area contributed by atoms with Gasteiger partial charge in [-0.1, -0.05) is 37.3 Å². The number of aryl methyl sites for hydroxylation is 1. The van der Waals surface area contributed by atoms with Crippen molar-refractivity contribution in [2.24, 2.45) is 5.41 Å². The highest BCUT2D eigenvalue weighted by Gasteiger charge is 2.42. The van der Waals surface area contributed by atoms with Crippen molar-refractivity contribution in [3.63, 3.8) is 0 Å². The maximum Gasteiger partial charge on any atom is 0.310 e. The van der Waals surface area contributed by atoms with E-state index in [2.05, 4.69) is 29.2 Å². The van der Waals surface area contributed by atoms with Crippen molar-refractivity contribution in [1.29, 1.82) is 0 Å². The van der Waals surface area contributed by atoms with Gasteiger partial charge in [-0.25, -0.2) is 0 Å². The molecule has 0 saturated carbocycles. The fourth-order valence-electron chi connectivity index (χ4n) is 2.91. The molecule has 2 rings (SSSR count). The summed E-state index contributed by atoms with van der Waals surface area (Å²) in [6, 6.07) is 10.5. The summed E-state index contributed by atoms with van der Waals surface area (Å²) < 4.78 is 0. The standard InChI is InChI=1S/C16H23NO2/c1-2-16(15(18)19)10-12-17(13-16)11-6-9-14-7-4-3-5-8-14/h3-5,7-8H,2,6,9-13H2,1H3,(H,18,19). The highest BCUT2D eigenvalue weighted by molar-refractivity contribution is 5.75. The van der Waals surface area contributed by atoms with Crippen LogP contribution in [0, 0.1) is 5.41 Å². The fraction of sp³-hybridized carbons (Fsp3) is 0.562. The van der Waals surface area contributed by atoms with E-state index in [-0.39, 0.29) is 0 Å². The van der Waals surface area contributed by atoms with Gasteiger partial charge in [-0.15, -0.1) is 0 Å². The minimum absolute atomic E-state index is 0.493. The third kappa shape index (κ3) is 3.35. The Bertz CT molecular complexity index is 418. The van der Waals surface area contributed by atoms with E-state index in [4.69, 9.17) is 0 Å². The van der Waals surface area contributed by atoms with Crippen LogP contribution in [0.3, 0.4) is 0 Å². The van der Waals surface area contributed by atoms with Crippen LogP contribution in [0.4, 0.5) is 0 Å². The SMILES string of the molecule is CCC1(C(=O)O)CCN(CCCc2ccccc2)C1. The van der Waals surface area contributed by atoms with Crippen LogP contribution >= 0.6 is 0 Å². The molecule has 0 bridgehead atoms. The summed E-state index contributed by atoms with van der Waals surface area (Å²) >= 11 is 0. The first kappa shape index (κ1) is 14.1. The lowest BCUT2D eigenvalue weighted by Crippen LogP contribution is -2.34. The second-order valence-corrected chi connectivity index (χ2v) is 5.55. The minimum Gasteiger partial charge on any atom is -0.481 e. The van der Waals surface area contributed by atoms with E-state index in [1.807, 2.05) is 13.0 Å². The first-order chi connectivity index (χ1) is 9.16. The third-order valence-corrected chi connectivity index (χ3v) is 4.35. The van der Waals surface area contributed by atoms with Crippen molar-refractivity contribution in [1.82, 2.24) is 4.90 Å². The Balaban J connectivity index is 1.78. The Kier molecular flexibility index (Phi) is 4.59. The van der Waals surface area contributed by atoms with Gasteiger partial charge in [-0.2, -0.15) is 0 Å². The van der Waals surface area contributed by atoms with Crippen LogP contribution in [0.1, 0.15) is 31.7 Å². The lowest BCUT2D eigenvalue weighted by molar-refractivity contribution is -0.148. The van der Waals surface area contributed by atoms with Crippen LogP contribution in [-0.2, 0) is 11.2 Å². The average Bonchev–Trinajstić information content (AvgIpc) is 2.85. The van der Waals surface area contributed by atoms with Gasteiger partial charge in [-0.3, -0.25) is 4.79 Å². The van der Waals surface area contributed by atoms with Crippen molar-refractivity contribution < 1.29 is 9.90 Å². The van der Waals surface area contributed by atoms with Crippen molar-refractivity contribution >= 4 is 5.97 Å². The number of rotatable bonds is 6. The van der Waals surface area contributed by atoms with Crippen LogP contribution in [0.5, 0.6) is 0 Å². The van der Waals surface area contributed by atoms with Crippen molar-refractivity contribution in [3.05, 3.63) is 35.9 Å². The molecule has 19 heavy (non-hydrogen) atoms. The smallest absolute Gasteiger partial charge is 0.310 e. The molecule has 1 heterocycles. The monoisotopic (exact) mass is 261 g/mol. The quantitative estimate of drug-likeness (QED) is 0.856. The molecule has 1 fully saturated rings. The van der Waals surface area contributed by atoms with Crippen LogP contribution in [0.2, 0.25) is 0 Å². The van der Waals surface area contributed by atoms with E-state index < -0.39 is 11.4 Å². The zero-order valence-electron chi connectivity index (χ0n) is 11.6. The summed E-state index contributed by atoms with van der Waals surface area (Å²) in [5.74, 6) is -0.624. The normalized spacial score (nSPS) is 23.6. The molecule has 3 heteroatoms. The highest BCUT2D eigenvalue weighted by atomic mass is 16.4. The maximum atomic E-state index is 11.4. The van der Waals surface area contributed by atoms with E-state index in [1.54, 1.807) is 0 Å². The molecule has 1 aromatic rings. The number of hydrogen-bond acceptors (Lipinski definition) is 2. The lowest BCUT2D eigenvalue weighted by Gasteiger charge is -2.23. The number of hydrogen-bond donors (Lipinski definition) is 1. The third-order valence-electron chi connectivity index (χ3n) is 4.35. The Morgan fingerprint density at radius 3 is 2.68 bits per heavy atom. The molecule has 0 aromatic heterocycles. The first-order valence-corrected chi connectivity index (χ1v) is 7.16. The lowest BCUT2D eigenvalue weighted by atomic mass is 9.84. The van der Waals surface area contributed by atoms with Gasteiger partial charge in [0.2, 0.25) is 0 Å². The summed E-state index contributed by atoms with van der Waals surface area (Å²) in [6.07, 6.45) is 3.70. The summed E-state index contributed by atoms with van der Waals surface area (Å²) in [4.78, 5) is 13.7. The molecule has 1 unspecified atom stereocenters. The molecule has 1 saturated heterocycles. The molecule has 1 aromatic carbocycles. The molecule has 0 aliphatic carbocycles. The number of carboxylic acids is 1. The van der Waals surface area contributed by atoms with E-state index in [1.165, 1.54) is 5.56 Å². The molecule has 0 radical (unpaired) electrons. The Morgan fingerprint density at radius 2 is 2.11 bits per heavy atom. The van der Waals surface area contributed by atoms with Gasteiger partial charge in [0, 0.05) is 6.54 Å². The molecule has 0 spiro atoms. The predicted octanol–water partition coefficient (Wildman–Crippen LogP) is 2.81. The molecule has 1 aliphatic rings. The van der Waals surface area contributed by atoms with Gasteiger partial charge >= 0.3 is 5.97 Å². The van der Waals surface area contributed by atoms with E-state index >= 15 is 0 Å². The number of carboxylic acid groups (broad SMARTS) is 1. The van der Waals surface area contributed by atoms with Crippen LogP contribution in [0.15, 0.2) is 30.3 Å². The minimum atomic E-state index is -0.624. The second-order valence-electron chi connectivity index (χ2n) is 5.55. The van der Waals surface area contributed by atoms with Gasteiger partial charge in [0.25, 0.3) is 0 Å². The van der Waals surface area contributed by atoms with E-state index in [9.17, 15) is 9.90 Å². The Labute approximate surface area is 115 Å². The largest absolute Gasteiger partial charge is 0.481 e. The highest BCUT2D eigenvalue weighted by Crippen LogP contribution is 2.34. The van der Waals surface area contributed by atoms with Crippen LogP contribution < -0.4 is 0 Å².